The maximum atomic E-state index is 4.31. The number of benzene rings is 1. The first kappa shape index (κ1) is 15.1. The molecule has 0 saturated heterocycles. The summed E-state index contributed by atoms with van der Waals surface area (Å²) in [5.41, 5.74) is 3.58. The van der Waals surface area contributed by atoms with Gasteiger partial charge in [-0.2, -0.15) is 5.10 Å². The molecule has 2 aromatic rings. The second-order valence-electron chi connectivity index (χ2n) is 4.98. The maximum Gasteiger partial charge on any atom is 0.0759 e. The van der Waals surface area contributed by atoms with Crippen molar-refractivity contribution in [2.24, 2.45) is 7.05 Å². The summed E-state index contributed by atoms with van der Waals surface area (Å²) < 4.78 is 2.94. The number of aromatic nitrogens is 2. The number of aryl methyl sites for hydroxylation is 1. The third-order valence-corrected chi connectivity index (χ3v) is 3.97. The van der Waals surface area contributed by atoms with E-state index in [1.807, 2.05) is 17.9 Å². The molecule has 1 heterocycles. The van der Waals surface area contributed by atoms with Crippen LogP contribution < -0.4 is 10.2 Å². The van der Waals surface area contributed by atoms with Crippen molar-refractivity contribution in [1.82, 2.24) is 15.1 Å². The molecule has 2 rings (SSSR count). The summed E-state index contributed by atoms with van der Waals surface area (Å²) >= 11 is 3.59. The third-order valence-electron chi connectivity index (χ3n) is 3.36. The highest BCUT2D eigenvalue weighted by atomic mass is 79.9. The summed E-state index contributed by atoms with van der Waals surface area (Å²) in [4.78, 5) is 2.10. The van der Waals surface area contributed by atoms with Gasteiger partial charge in [0.15, 0.2) is 0 Å². The lowest BCUT2D eigenvalue weighted by molar-refractivity contribution is 0.571. The maximum absolute atomic E-state index is 4.31. The van der Waals surface area contributed by atoms with Crippen molar-refractivity contribution >= 4 is 21.6 Å². The van der Waals surface area contributed by atoms with E-state index in [4.69, 9.17) is 0 Å². The SMILES string of the molecule is CCNC(c1ccc(N(C)C)cc1)c1c(Br)cnn1C. The van der Waals surface area contributed by atoms with Crippen molar-refractivity contribution < 1.29 is 0 Å². The molecule has 0 aliphatic rings. The third kappa shape index (κ3) is 3.04. The first-order chi connectivity index (χ1) is 9.54. The molecule has 1 N–H and O–H groups in total. The fourth-order valence-corrected chi connectivity index (χ4v) is 2.86. The lowest BCUT2D eigenvalue weighted by atomic mass is 10.0. The summed E-state index contributed by atoms with van der Waals surface area (Å²) in [6.45, 7) is 3.02. The van der Waals surface area contributed by atoms with Crippen LogP contribution in [0.2, 0.25) is 0 Å². The van der Waals surface area contributed by atoms with Gasteiger partial charge in [0.25, 0.3) is 0 Å². The van der Waals surface area contributed by atoms with E-state index < -0.39 is 0 Å². The number of nitrogens with one attached hydrogen (secondary N) is 1. The molecule has 108 valence electrons. The van der Waals surface area contributed by atoms with Gasteiger partial charge in [-0.25, -0.2) is 0 Å². The van der Waals surface area contributed by atoms with Crippen LogP contribution in [0.3, 0.4) is 0 Å². The van der Waals surface area contributed by atoms with Crippen molar-refractivity contribution in [1.29, 1.82) is 0 Å². The molecule has 0 aliphatic carbocycles. The average molecular weight is 337 g/mol. The van der Waals surface area contributed by atoms with E-state index in [9.17, 15) is 0 Å². The molecule has 0 aliphatic heterocycles. The molecule has 20 heavy (non-hydrogen) atoms. The molecular weight excluding hydrogens is 316 g/mol. The summed E-state index contributed by atoms with van der Waals surface area (Å²) in [5, 5.41) is 7.84. The zero-order valence-corrected chi connectivity index (χ0v) is 14.0. The van der Waals surface area contributed by atoms with Gasteiger partial charge in [0.2, 0.25) is 0 Å². The van der Waals surface area contributed by atoms with Gasteiger partial charge in [-0.3, -0.25) is 4.68 Å². The molecule has 1 aromatic heterocycles. The van der Waals surface area contributed by atoms with Crippen molar-refractivity contribution in [2.75, 3.05) is 25.5 Å². The average Bonchev–Trinajstić information content (AvgIpc) is 2.76. The fraction of sp³-hybridized carbons (Fsp3) is 0.400. The first-order valence-corrected chi connectivity index (χ1v) is 7.52. The zero-order valence-electron chi connectivity index (χ0n) is 12.4. The van der Waals surface area contributed by atoms with Crippen LogP contribution in [0, 0.1) is 0 Å². The van der Waals surface area contributed by atoms with Crippen LogP contribution in [-0.2, 0) is 7.05 Å². The van der Waals surface area contributed by atoms with Crippen LogP contribution in [0.1, 0.15) is 24.2 Å². The first-order valence-electron chi connectivity index (χ1n) is 6.72. The Balaban J connectivity index is 2.38. The standard InChI is InChI=1S/C15H21BrN4/c1-5-17-14(15-13(16)10-18-20(15)4)11-6-8-12(9-7-11)19(2)3/h6-10,14,17H,5H2,1-4H3. The van der Waals surface area contributed by atoms with Crippen molar-refractivity contribution in [2.45, 2.75) is 13.0 Å². The molecule has 5 heteroatoms. The second kappa shape index (κ2) is 6.41. The Morgan fingerprint density at radius 2 is 1.95 bits per heavy atom. The number of halogens is 1. The van der Waals surface area contributed by atoms with Gasteiger partial charge in [0.1, 0.15) is 0 Å². The molecule has 0 bridgehead atoms. The van der Waals surface area contributed by atoms with E-state index in [2.05, 4.69) is 76.5 Å². The molecular formula is C15H21BrN4. The van der Waals surface area contributed by atoms with Gasteiger partial charge in [0, 0.05) is 26.8 Å². The largest absolute Gasteiger partial charge is 0.378 e. The van der Waals surface area contributed by atoms with E-state index in [-0.39, 0.29) is 6.04 Å². The fourth-order valence-electron chi connectivity index (χ4n) is 2.29. The summed E-state index contributed by atoms with van der Waals surface area (Å²) in [6.07, 6.45) is 1.84. The normalized spacial score (nSPS) is 12.4. The van der Waals surface area contributed by atoms with E-state index >= 15 is 0 Å². The molecule has 1 atom stereocenters. The van der Waals surface area contributed by atoms with Crippen molar-refractivity contribution in [3.05, 3.63) is 46.2 Å². The van der Waals surface area contributed by atoms with Crippen molar-refractivity contribution in [3.63, 3.8) is 0 Å². The molecule has 0 fully saturated rings. The lowest BCUT2D eigenvalue weighted by Gasteiger charge is -2.21. The van der Waals surface area contributed by atoms with Crippen LogP contribution in [0.25, 0.3) is 0 Å². The Bertz CT molecular complexity index is 540. The number of anilines is 1. The summed E-state index contributed by atoms with van der Waals surface area (Å²) in [6, 6.07) is 8.76. The second-order valence-corrected chi connectivity index (χ2v) is 5.83. The van der Waals surface area contributed by atoms with E-state index in [1.54, 1.807) is 0 Å². The van der Waals surface area contributed by atoms with Gasteiger partial charge in [-0.05, 0) is 40.2 Å². The van der Waals surface area contributed by atoms with Crippen LogP contribution in [0.15, 0.2) is 34.9 Å². The Kier molecular flexibility index (Phi) is 4.83. The Morgan fingerprint density at radius 3 is 2.40 bits per heavy atom. The van der Waals surface area contributed by atoms with E-state index in [0.717, 1.165) is 16.7 Å². The van der Waals surface area contributed by atoms with E-state index in [1.165, 1.54) is 11.3 Å². The minimum absolute atomic E-state index is 0.137. The number of hydrogen-bond acceptors (Lipinski definition) is 3. The molecule has 1 unspecified atom stereocenters. The van der Waals surface area contributed by atoms with Crippen LogP contribution in [0.5, 0.6) is 0 Å². The van der Waals surface area contributed by atoms with Crippen LogP contribution >= 0.6 is 15.9 Å². The zero-order chi connectivity index (χ0) is 14.7. The smallest absolute Gasteiger partial charge is 0.0759 e. The van der Waals surface area contributed by atoms with Gasteiger partial charge >= 0.3 is 0 Å². The molecule has 0 radical (unpaired) electrons. The quantitative estimate of drug-likeness (QED) is 0.911. The molecule has 4 nitrogen and oxygen atoms in total. The Morgan fingerprint density at radius 1 is 1.30 bits per heavy atom. The highest BCUT2D eigenvalue weighted by Crippen LogP contribution is 2.29. The lowest BCUT2D eigenvalue weighted by Crippen LogP contribution is -2.24. The number of nitrogens with zero attached hydrogens (tertiary/aromatic N) is 3. The monoisotopic (exact) mass is 336 g/mol. The number of hydrogen-bond donors (Lipinski definition) is 1. The van der Waals surface area contributed by atoms with Gasteiger partial charge < -0.3 is 10.2 Å². The predicted molar refractivity (Wildman–Crippen MR) is 87.2 cm³/mol. The summed E-state index contributed by atoms with van der Waals surface area (Å²) in [7, 11) is 6.07. The van der Waals surface area contributed by atoms with Crippen LogP contribution in [-0.4, -0.2) is 30.4 Å². The van der Waals surface area contributed by atoms with Crippen molar-refractivity contribution in [3.8, 4) is 0 Å². The van der Waals surface area contributed by atoms with E-state index in [0.29, 0.717) is 0 Å². The van der Waals surface area contributed by atoms with Gasteiger partial charge in [-0.15, -0.1) is 0 Å². The molecule has 0 amide bonds. The Hall–Kier alpha value is -1.33. The predicted octanol–water partition coefficient (Wildman–Crippen LogP) is 2.95. The summed E-state index contributed by atoms with van der Waals surface area (Å²) in [5.74, 6) is 0. The highest BCUT2D eigenvalue weighted by molar-refractivity contribution is 9.10. The molecule has 0 saturated carbocycles. The minimum atomic E-state index is 0.137. The highest BCUT2D eigenvalue weighted by Gasteiger charge is 2.19. The van der Waals surface area contributed by atoms with Crippen LogP contribution in [0.4, 0.5) is 5.69 Å². The van der Waals surface area contributed by atoms with Gasteiger partial charge in [-0.1, -0.05) is 19.1 Å². The minimum Gasteiger partial charge on any atom is -0.378 e. The Labute approximate surface area is 128 Å². The van der Waals surface area contributed by atoms with Gasteiger partial charge in [0.05, 0.1) is 22.4 Å². The molecule has 1 aromatic carbocycles. The topological polar surface area (TPSA) is 33.1 Å². The molecule has 0 spiro atoms. The number of rotatable bonds is 5.